The third-order valence-electron chi connectivity index (χ3n) is 3.39. The molecule has 0 radical (unpaired) electrons. The van der Waals surface area contributed by atoms with Gasteiger partial charge in [0, 0.05) is 11.1 Å². The van der Waals surface area contributed by atoms with Crippen LogP contribution in [0.2, 0.25) is 0 Å². The van der Waals surface area contributed by atoms with Gasteiger partial charge in [-0.2, -0.15) is 0 Å². The topological polar surface area (TPSA) is 97.6 Å². The molecule has 0 aliphatic rings. The van der Waals surface area contributed by atoms with Crippen molar-refractivity contribution in [3.8, 4) is 5.69 Å². The van der Waals surface area contributed by atoms with E-state index in [2.05, 4.69) is 31.1 Å². The molecule has 2 aromatic heterocycles. The van der Waals surface area contributed by atoms with Gasteiger partial charge < -0.3 is 10.6 Å². The van der Waals surface area contributed by atoms with Crippen molar-refractivity contribution in [3.05, 3.63) is 46.4 Å². The molecule has 0 fully saturated rings. The third kappa shape index (κ3) is 3.79. The summed E-state index contributed by atoms with van der Waals surface area (Å²) in [5.74, 6) is -0.560. The molecular formula is C15H16FN7OS. The minimum atomic E-state index is -0.688. The van der Waals surface area contributed by atoms with Gasteiger partial charge in [-0.25, -0.2) is 18.9 Å². The van der Waals surface area contributed by atoms with Gasteiger partial charge >= 0.3 is 6.03 Å². The van der Waals surface area contributed by atoms with Crippen LogP contribution in [0.5, 0.6) is 0 Å². The number of benzene rings is 1. The fourth-order valence-corrected chi connectivity index (χ4v) is 2.99. The van der Waals surface area contributed by atoms with Gasteiger partial charge in [-0.3, -0.25) is 0 Å². The summed E-state index contributed by atoms with van der Waals surface area (Å²) in [4.78, 5) is 17.6. The van der Waals surface area contributed by atoms with E-state index in [9.17, 15) is 9.18 Å². The lowest BCUT2D eigenvalue weighted by Crippen LogP contribution is -2.43. The van der Waals surface area contributed by atoms with Crippen molar-refractivity contribution >= 4 is 23.1 Å². The molecule has 0 bridgehead atoms. The number of nitrogens with zero attached hydrogens (tertiary/aromatic N) is 5. The lowest BCUT2D eigenvalue weighted by molar-refractivity contribution is 0.241. The summed E-state index contributed by atoms with van der Waals surface area (Å²) >= 11 is 1.49. The summed E-state index contributed by atoms with van der Waals surface area (Å²) in [6, 6.07) is 3.66. The van der Waals surface area contributed by atoms with Crippen LogP contribution in [-0.2, 0) is 5.54 Å². The van der Waals surface area contributed by atoms with E-state index in [0.717, 1.165) is 9.88 Å². The number of anilines is 1. The molecule has 3 rings (SSSR count). The average Bonchev–Trinajstić information content (AvgIpc) is 3.20. The average molecular weight is 361 g/mol. The molecule has 0 atom stereocenters. The number of nitrogens with one attached hydrogen (secondary N) is 2. The van der Waals surface area contributed by atoms with Crippen molar-refractivity contribution in [2.45, 2.75) is 26.3 Å². The highest BCUT2D eigenvalue weighted by Crippen LogP contribution is 2.25. The molecule has 0 aliphatic carbocycles. The number of aromatic nitrogens is 5. The van der Waals surface area contributed by atoms with Gasteiger partial charge in [0.1, 0.15) is 17.2 Å². The maximum atomic E-state index is 14.0. The quantitative estimate of drug-likeness (QED) is 0.744. The maximum absolute atomic E-state index is 14.0. The largest absolute Gasteiger partial charge is 0.326 e. The molecule has 130 valence electrons. The molecule has 2 heterocycles. The predicted molar refractivity (Wildman–Crippen MR) is 91.1 cm³/mol. The van der Waals surface area contributed by atoms with E-state index in [1.807, 2.05) is 20.8 Å². The monoisotopic (exact) mass is 361 g/mol. The van der Waals surface area contributed by atoms with Crippen molar-refractivity contribution in [3.63, 3.8) is 0 Å². The summed E-state index contributed by atoms with van der Waals surface area (Å²) in [5.41, 5.74) is -0.138. The summed E-state index contributed by atoms with van der Waals surface area (Å²) in [5, 5.41) is 16.9. The number of tetrazole rings is 1. The van der Waals surface area contributed by atoms with Crippen LogP contribution in [-0.4, -0.2) is 31.2 Å². The van der Waals surface area contributed by atoms with E-state index in [-0.39, 0.29) is 5.69 Å². The molecule has 0 saturated carbocycles. The normalized spacial score (nSPS) is 11.4. The molecule has 2 N–H and O–H groups in total. The number of thiazole rings is 1. The fraction of sp³-hybridized carbons (Fsp3) is 0.267. The van der Waals surface area contributed by atoms with Gasteiger partial charge in [0.15, 0.2) is 0 Å². The van der Waals surface area contributed by atoms with Crippen molar-refractivity contribution in [1.29, 1.82) is 0 Å². The molecule has 1 aromatic carbocycles. The number of hydrogen-bond donors (Lipinski definition) is 2. The van der Waals surface area contributed by atoms with Gasteiger partial charge in [0.25, 0.3) is 0 Å². The summed E-state index contributed by atoms with van der Waals surface area (Å²) < 4.78 is 15.4. The Morgan fingerprint density at radius 1 is 1.36 bits per heavy atom. The smallest absolute Gasteiger partial charge is 0.320 e. The Hall–Kier alpha value is -2.88. The summed E-state index contributed by atoms with van der Waals surface area (Å²) in [6.07, 6.45) is 3.13. The molecule has 10 heteroatoms. The highest BCUT2D eigenvalue weighted by atomic mass is 32.1. The van der Waals surface area contributed by atoms with E-state index in [1.165, 1.54) is 40.5 Å². The first-order chi connectivity index (χ1) is 11.8. The molecular weight excluding hydrogens is 345 g/mol. The lowest BCUT2D eigenvalue weighted by atomic mass is 10.1. The molecule has 25 heavy (non-hydrogen) atoms. The highest BCUT2D eigenvalue weighted by molar-refractivity contribution is 7.11. The number of amides is 2. The second-order valence-electron chi connectivity index (χ2n) is 5.90. The number of carbonyl (C=O) groups is 1. The van der Waals surface area contributed by atoms with Crippen LogP contribution in [0, 0.1) is 12.7 Å². The Bertz CT molecular complexity index is 891. The molecule has 0 aliphatic heterocycles. The Labute approximate surface area is 147 Å². The standard InChI is InChI=1S/C15H16FN7OS/c1-9-7-17-13(25-9)15(2,3)20-14(24)19-12-6-10(4-5-11(12)16)23-8-18-21-22-23/h4-8H,1-3H3,(H2,19,20,24). The zero-order valence-electron chi connectivity index (χ0n) is 13.8. The van der Waals surface area contributed by atoms with E-state index < -0.39 is 17.4 Å². The number of rotatable bonds is 4. The molecule has 0 spiro atoms. The van der Waals surface area contributed by atoms with Crippen LogP contribution in [0.15, 0.2) is 30.7 Å². The Balaban J connectivity index is 1.75. The van der Waals surface area contributed by atoms with Crippen molar-refractivity contribution in [1.82, 2.24) is 30.5 Å². The van der Waals surface area contributed by atoms with Gasteiger partial charge in [-0.15, -0.1) is 16.4 Å². The second-order valence-corrected chi connectivity index (χ2v) is 7.13. The van der Waals surface area contributed by atoms with Gasteiger partial charge in [-0.05, 0) is 49.4 Å². The number of urea groups is 1. The Kier molecular flexibility index (Phi) is 4.45. The maximum Gasteiger partial charge on any atom is 0.320 e. The first kappa shape index (κ1) is 17.0. The molecule has 0 unspecified atom stereocenters. The molecule has 2 amide bonds. The Morgan fingerprint density at radius 3 is 2.80 bits per heavy atom. The van der Waals surface area contributed by atoms with Crippen molar-refractivity contribution < 1.29 is 9.18 Å². The van der Waals surface area contributed by atoms with E-state index in [4.69, 9.17) is 0 Å². The van der Waals surface area contributed by atoms with E-state index >= 15 is 0 Å². The fourth-order valence-electron chi connectivity index (χ4n) is 2.17. The molecule has 0 saturated heterocycles. The van der Waals surface area contributed by atoms with Gasteiger partial charge in [-0.1, -0.05) is 0 Å². The first-order valence-corrected chi connectivity index (χ1v) is 8.22. The molecule has 3 aromatic rings. The zero-order valence-corrected chi connectivity index (χ0v) is 14.6. The van der Waals surface area contributed by atoms with Crippen LogP contribution in [0.4, 0.5) is 14.9 Å². The first-order valence-electron chi connectivity index (χ1n) is 7.40. The molecule has 8 nitrogen and oxygen atoms in total. The SMILES string of the molecule is Cc1cnc(C(C)(C)NC(=O)Nc2cc(-n3cnnn3)ccc2F)s1. The lowest BCUT2D eigenvalue weighted by Gasteiger charge is -2.24. The second kappa shape index (κ2) is 6.55. The summed E-state index contributed by atoms with van der Waals surface area (Å²) in [7, 11) is 0. The third-order valence-corrected chi connectivity index (χ3v) is 4.63. The number of aryl methyl sites for hydroxylation is 1. The van der Waals surface area contributed by atoms with Crippen LogP contribution < -0.4 is 10.6 Å². The van der Waals surface area contributed by atoms with Gasteiger partial charge in [0.05, 0.1) is 16.9 Å². The zero-order chi connectivity index (χ0) is 18.0. The van der Waals surface area contributed by atoms with Crippen LogP contribution >= 0.6 is 11.3 Å². The predicted octanol–water partition coefficient (Wildman–Crippen LogP) is 2.62. The number of carbonyl (C=O) groups excluding carboxylic acids is 1. The van der Waals surface area contributed by atoms with E-state index in [1.54, 1.807) is 6.20 Å². The van der Waals surface area contributed by atoms with Crippen LogP contribution in [0.3, 0.4) is 0 Å². The van der Waals surface area contributed by atoms with Crippen molar-refractivity contribution in [2.24, 2.45) is 0 Å². The van der Waals surface area contributed by atoms with E-state index in [0.29, 0.717) is 5.69 Å². The highest BCUT2D eigenvalue weighted by Gasteiger charge is 2.26. The number of hydrogen-bond acceptors (Lipinski definition) is 6. The summed E-state index contributed by atoms with van der Waals surface area (Å²) in [6.45, 7) is 5.61. The number of halogens is 1. The van der Waals surface area contributed by atoms with Crippen molar-refractivity contribution in [2.75, 3.05) is 5.32 Å². The minimum absolute atomic E-state index is 0.0246. The Morgan fingerprint density at radius 2 is 2.16 bits per heavy atom. The van der Waals surface area contributed by atoms with Crippen LogP contribution in [0.25, 0.3) is 5.69 Å². The van der Waals surface area contributed by atoms with Gasteiger partial charge in [0.2, 0.25) is 0 Å². The minimum Gasteiger partial charge on any atom is -0.326 e. The van der Waals surface area contributed by atoms with Crippen LogP contribution in [0.1, 0.15) is 23.7 Å².